The van der Waals surface area contributed by atoms with Crippen LogP contribution < -0.4 is 10.6 Å². The van der Waals surface area contributed by atoms with E-state index in [1.807, 2.05) is 0 Å². The highest BCUT2D eigenvalue weighted by Crippen LogP contribution is 2.25. The van der Waals surface area contributed by atoms with E-state index in [9.17, 15) is 14.9 Å². The third kappa shape index (κ3) is 3.15. The first-order valence-electron chi connectivity index (χ1n) is 4.95. The molecular weight excluding hydrogens is 226 g/mol. The van der Waals surface area contributed by atoms with Crippen molar-refractivity contribution < 1.29 is 14.8 Å². The summed E-state index contributed by atoms with van der Waals surface area (Å²) in [4.78, 5) is 21.6. The number of rotatable bonds is 5. The molecule has 1 rings (SSSR count). The third-order valence-corrected chi connectivity index (χ3v) is 2.11. The molecule has 1 amide bonds. The number of nitrogens with zero attached hydrogens (tertiary/aromatic N) is 1. The zero-order valence-electron chi connectivity index (χ0n) is 9.27. The zero-order valence-corrected chi connectivity index (χ0v) is 9.27. The van der Waals surface area contributed by atoms with Gasteiger partial charge in [0.2, 0.25) is 0 Å². The number of anilines is 1. The summed E-state index contributed by atoms with van der Waals surface area (Å²) in [6, 6.07) is 4.01. The highest BCUT2D eigenvalue weighted by molar-refractivity contribution is 5.95. The van der Waals surface area contributed by atoms with Crippen LogP contribution in [-0.2, 0) is 0 Å². The van der Waals surface area contributed by atoms with Crippen LogP contribution in [0.2, 0.25) is 0 Å². The number of carbonyl (C=O) groups is 1. The largest absolute Gasteiger partial charge is 0.395 e. The molecule has 1 aromatic rings. The average Bonchev–Trinajstić information content (AvgIpc) is 2.34. The maximum atomic E-state index is 11.4. The van der Waals surface area contributed by atoms with Gasteiger partial charge in [-0.3, -0.25) is 14.9 Å². The number of benzene rings is 1. The predicted molar refractivity (Wildman–Crippen MR) is 62.1 cm³/mol. The van der Waals surface area contributed by atoms with Gasteiger partial charge in [0.25, 0.3) is 11.6 Å². The molecule has 7 heteroatoms. The highest BCUT2D eigenvalue weighted by Gasteiger charge is 2.15. The van der Waals surface area contributed by atoms with Crippen molar-refractivity contribution in [1.82, 2.24) is 5.32 Å². The van der Waals surface area contributed by atoms with Crippen molar-refractivity contribution in [2.24, 2.45) is 0 Å². The van der Waals surface area contributed by atoms with Gasteiger partial charge in [-0.05, 0) is 12.1 Å². The maximum absolute atomic E-state index is 11.4. The van der Waals surface area contributed by atoms with Crippen LogP contribution in [0.15, 0.2) is 18.2 Å². The number of hydrogen-bond acceptors (Lipinski definition) is 5. The Morgan fingerprint density at radius 3 is 2.76 bits per heavy atom. The molecule has 7 nitrogen and oxygen atoms in total. The number of nitro groups is 1. The molecule has 0 heterocycles. The molecule has 0 saturated heterocycles. The Labute approximate surface area is 97.6 Å². The Balaban J connectivity index is 3.09. The first-order valence-corrected chi connectivity index (χ1v) is 4.95. The topological polar surface area (TPSA) is 104 Å². The summed E-state index contributed by atoms with van der Waals surface area (Å²) in [7, 11) is 1.48. The Hall–Kier alpha value is -2.15. The first kappa shape index (κ1) is 12.9. The van der Waals surface area contributed by atoms with E-state index in [2.05, 4.69) is 10.6 Å². The number of amides is 1. The van der Waals surface area contributed by atoms with E-state index in [-0.39, 0.29) is 30.4 Å². The molecule has 0 bridgehead atoms. The summed E-state index contributed by atoms with van der Waals surface area (Å²) in [5.74, 6) is -0.327. The van der Waals surface area contributed by atoms with Crippen molar-refractivity contribution in [2.75, 3.05) is 25.5 Å². The standard InChI is InChI=1S/C10H13N3O4/c1-11-10(15)7-2-3-9(13(16)17)8(6-7)12-4-5-14/h2-3,6,12,14H,4-5H2,1H3,(H,11,15). The smallest absolute Gasteiger partial charge is 0.292 e. The van der Waals surface area contributed by atoms with Gasteiger partial charge in [-0.25, -0.2) is 0 Å². The second-order valence-corrected chi connectivity index (χ2v) is 3.22. The summed E-state index contributed by atoms with van der Waals surface area (Å²) < 4.78 is 0. The van der Waals surface area contributed by atoms with Crippen LogP contribution in [0.1, 0.15) is 10.4 Å². The molecule has 0 aliphatic rings. The summed E-state index contributed by atoms with van der Waals surface area (Å²) in [5, 5.41) is 24.5. The van der Waals surface area contributed by atoms with Crippen LogP contribution >= 0.6 is 0 Å². The van der Waals surface area contributed by atoms with Crippen molar-refractivity contribution in [3.63, 3.8) is 0 Å². The van der Waals surface area contributed by atoms with E-state index >= 15 is 0 Å². The number of aliphatic hydroxyl groups excluding tert-OH is 1. The van der Waals surface area contributed by atoms with Crippen LogP contribution in [0.3, 0.4) is 0 Å². The molecule has 0 unspecified atom stereocenters. The number of nitro benzene ring substituents is 1. The van der Waals surface area contributed by atoms with Gasteiger partial charge in [0.15, 0.2) is 0 Å². The van der Waals surface area contributed by atoms with E-state index < -0.39 is 4.92 Å². The van der Waals surface area contributed by atoms with Crippen molar-refractivity contribution in [1.29, 1.82) is 0 Å². The summed E-state index contributed by atoms with van der Waals surface area (Å²) in [6.45, 7) is 0.0272. The van der Waals surface area contributed by atoms with Crippen LogP contribution in [0.4, 0.5) is 11.4 Å². The Bertz CT molecular complexity index is 434. The average molecular weight is 239 g/mol. The summed E-state index contributed by atoms with van der Waals surface area (Å²) in [5.41, 5.74) is 0.398. The lowest BCUT2D eigenvalue weighted by molar-refractivity contribution is -0.384. The lowest BCUT2D eigenvalue weighted by Crippen LogP contribution is -2.18. The molecule has 0 saturated carbocycles. The molecule has 92 valence electrons. The fraction of sp³-hybridized carbons (Fsp3) is 0.300. The predicted octanol–water partition coefficient (Wildman–Crippen LogP) is 0.359. The molecule has 0 aliphatic heterocycles. The second kappa shape index (κ2) is 5.80. The van der Waals surface area contributed by atoms with E-state index in [1.165, 1.54) is 25.2 Å². The molecule has 3 N–H and O–H groups in total. The molecular formula is C10H13N3O4. The van der Waals surface area contributed by atoms with Crippen LogP contribution in [-0.4, -0.2) is 36.1 Å². The van der Waals surface area contributed by atoms with Crippen molar-refractivity contribution >= 4 is 17.3 Å². The molecule has 0 radical (unpaired) electrons. The van der Waals surface area contributed by atoms with Gasteiger partial charge in [0, 0.05) is 25.2 Å². The third-order valence-electron chi connectivity index (χ3n) is 2.11. The molecule has 0 fully saturated rings. The maximum Gasteiger partial charge on any atom is 0.292 e. The second-order valence-electron chi connectivity index (χ2n) is 3.22. The SMILES string of the molecule is CNC(=O)c1ccc([N+](=O)[O-])c(NCCO)c1. The quantitative estimate of drug-likeness (QED) is 0.508. The summed E-state index contributed by atoms with van der Waals surface area (Å²) >= 11 is 0. The van der Waals surface area contributed by atoms with E-state index in [0.717, 1.165) is 0 Å². The van der Waals surface area contributed by atoms with Crippen molar-refractivity contribution in [2.45, 2.75) is 0 Å². The molecule has 1 aromatic carbocycles. The number of hydrogen-bond donors (Lipinski definition) is 3. The normalized spacial score (nSPS) is 9.76. The van der Waals surface area contributed by atoms with Gasteiger partial charge >= 0.3 is 0 Å². The summed E-state index contributed by atoms with van der Waals surface area (Å²) in [6.07, 6.45) is 0. The van der Waals surface area contributed by atoms with Gasteiger partial charge in [-0.15, -0.1) is 0 Å². The van der Waals surface area contributed by atoms with Gasteiger partial charge in [-0.2, -0.15) is 0 Å². The minimum absolute atomic E-state index is 0.133. The first-order chi connectivity index (χ1) is 8.10. The van der Waals surface area contributed by atoms with Crippen LogP contribution in [0.5, 0.6) is 0 Å². The minimum Gasteiger partial charge on any atom is -0.395 e. The molecule has 17 heavy (non-hydrogen) atoms. The Morgan fingerprint density at radius 2 is 2.24 bits per heavy atom. The highest BCUT2D eigenvalue weighted by atomic mass is 16.6. The Kier molecular flexibility index (Phi) is 4.41. The molecule has 0 atom stereocenters. The van der Waals surface area contributed by atoms with Gasteiger partial charge in [-0.1, -0.05) is 0 Å². The number of carbonyl (C=O) groups excluding carboxylic acids is 1. The fourth-order valence-corrected chi connectivity index (χ4v) is 1.31. The van der Waals surface area contributed by atoms with E-state index in [0.29, 0.717) is 5.56 Å². The number of nitrogens with one attached hydrogen (secondary N) is 2. The van der Waals surface area contributed by atoms with Gasteiger partial charge < -0.3 is 15.7 Å². The van der Waals surface area contributed by atoms with Gasteiger partial charge in [0.05, 0.1) is 11.5 Å². The fourth-order valence-electron chi connectivity index (χ4n) is 1.31. The van der Waals surface area contributed by atoms with Crippen LogP contribution in [0.25, 0.3) is 0 Å². The number of aliphatic hydroxyl groups is 1. The van der Waals surface area contributed by atoms with Crippen LogP contribution in [0, 0.1) is 10.1 Å². The minimum atomic E-state index is -0.548. The van der Waals surface area contributed by atoms with Crippen molar-refractivity contribution in [3.05, 3.63) is 33.9 Å². The molecule has 0 aromatic heterocycles. The lowest BCUT2D eigenvalue weighted by atomic mass is 10.1. The monoisotopic (exact) mass is 239 g/mol. The van der Waals surface area contributed by atoms with E-state index in [1.54, 1.807) is 0 Å². The lowest BCUT2D eigenvalue weighted by Gasteiger charge is -2.07. The molecule has 0 aliphatic carbocycles. The Morgan fingerprint density at radius 1 is 1.53 bits per heavy atom. The molecule has 0 spiro atoms. The zero-order chi connectivity index (χ0) is 12.8. The van der Waals surface area contributed by atoms with Crippen molar-refractivity contribution in [3.8, 4) is 0 Å². The van der Waals surface area contributed by atoms with E-state index in [4.69, 9.17) is 5.11 Å². The van der Waals surface area contributed by atoms with Gasteiger partial charge in [0.1, 0.15) is 5.69 Å².